The second kappa shape index (κ2) is 1.34. The molecule has 1 rings (SSSR count). The van der Waals surface area contributed by atoms with Crippen LogP contribution in [-0.4, -0.2) is 18.6 Å². The number of halogens is 4. The average molecular weight is 130 g/mol. The van der Waals surface area contributed by atoms with E-state index in [9.17, 15) is 17.6 Å². The molecule has 0 unspecified atom stereocenters. The molecule has 1 heterocycles. The minimum absolute atomic E-state index is 2.12. The van der Waals surface area contributed by atoms with Gasteiger partial charge in [0.05, 0.1) is 0 Å². The minimum atomic E-state index is -4.51. The Bertz CT molecular complexity index is 97.9. The Morgan fingerprint density at radius 1 is 1.25 bits per heavy atom. The van der Waals surface area contributed by atoms with Crippen molar-refractivity contribution in [2.45, 2.75) is 18.6 Å². The Balaban J connectivity index is 2.39. The first-order valence-corrected chi connectivity index (χ1v) is 1.88. The summed E-state index contributed by atoms with van der Waals surface area (Å²) in [6, 6.07) is 0. The zero-order chi connectivity index (χ0) is 6.36. The van der Waals surface area contributed by atoms with Crippen molar-refractivity contribution in [1.29, 1.82) is 0 Å². The molecule has 1 fully saturated rings. The van der Waals surface area contributed by atoms with E-state index >= 15 is 0 Å². The van der Waals surface area contributed by atoms with Crippen LogP contribution in [0.25, 0.3) is 0 Å². The van der Waals surface area contributed by atoms with Crippen LogP contribution >= 0.6 is 0 Å². The van der Waals surface area contributed by atoms with E-state index in [1.165, 1.54) is 0 Å². The number of epoxide rings is 1. The normalized spacial score (nSPS) is 37.5. The quantitative estimate of drug-likeness (QED) is 0.355. The van der Waals surface area contributed by atoms with E-state index < -0.39 is 18.6 Å². The summed E-state index contributed by atoms with van der Waals surface area (Å²) < 4.78 is 48.2. The van der Waals surface area contributed by atoms with Gasteiger partial charge in [-0.25, -0.2) is 4.39 Å². The highest BCUT2D eigenvalue weighted by Gasteiger charge is 2.59. The van der Waals surface area contributed by atoms with E-state index in [4.69, 9.17) is 0 Å². The molecular formula is C3H2F4O. The van der Waals surface area contributed by atoms with Crippen LogP contribution in [0, 0.1) is 0 Å². The highest BCUT2D eigenvalue weighted by Crippen LogP contribution is 2.37. The molecule has 0 amide bonds. The van der Waals surface area contributed by atoms with Gasteiger partial charge >= 0.3 is 6.18 Å². The third kappa shape index (κ3) is 0.912. The molecule has 2 atom stereocenters. The van der Waals surface area contributed by atoms with Gasteiger partial charge in [-0.05, 0) is 0 Å². The molecule has 0 aromatic heterocycles. The number of hydrogen-bond acceptors (Lipinski definition) is 1. The summed E-state index contributed by atoms with van der Waals surface area (Å²) in [6.07, 6.45) is -8.78. The molecule has 1 nitrogen and oxygen atoms in total. The molecule has 1 saturated heterocycles. The fourth-order valence-electron chi connectivity index (χ4n) is 0.320. The van der Waals surface area contributed by atoms with Gasteiger partial charge < -0.3 is 4.74 Å². The van der Waals surface area contributed by atoms with Gasteiger partial charge in [0.1, 0.15) is 0 Å². The van der Waals surface area contributed by atoms with Gasteiger partial charge in [-0.1, -0.05) is 0 Å². The molecule has 1 aliphatic rings. The summed E-state index contributed by atoms with van der Waals surface area (Å²) in [5.74, 6) is 0. The number of ether oxygens (including phenoxy) is 1. The molecule has 48 valence electrons. The molecule has 0 radical (unpaired) electrons. The molecule has 0 bridgehead atoms. The molecule has 0 aliphatic carbocycles. The minimum Gasteiger partial charge on any atom is -0.327 e. The topological polar surface area (TPSA) is 12.5 Å². The maximum atomic E-state index is 11.3. The summed E-state index contributed by atoms with van der Waals surface area (Å²) in [7, 11) is 0. The molecule has 0 spiro atoms. The van der Waals surface area contributed by atoms with E-state index in [0.29, 0.717) is 0 Å². The predicted molar refractivity (Wildman–Crippen MR) is 15.8 cm³/mol. The molecule has 5 heteroatoms. The lowest BCUT2D eigenvalue weighted by atomic mass is 10.5. The van der Waals surface area contributed by atoms with Gasteiger partial charge in [-0.3, -0.25) is 0 Å². The number of rotatable bonds is 0. The van der Waals surface area contributed by atoms with Gasteiger partial charge in [-0.15, -0.1) is 0 Å². The van der Waals surface area contributed by atoms with Crippen LogP contribution in [0.1, 0.15) is 0 Å². The lowest BCUT2D eigenvalue weighted by molar-refractivity contribution is -0.146. The first-order valence-electron chi connectivity index (χ1n) is 1.88. The Hall–Kier alpha value is -0.320. The van der Waals surface area contributed by atoms with Gasteiger partial charge in [0.25, 0.3) is 0 Å². The van der Waals surface area contributed by atoms with Crippen LogP contribution in [-0.2, 0) is 4.74 Å². The van der Waals surface area contributed by atoms with Crippen LogP contribution < -0.4 is 0 Å². The van der Waals surface area contributed by atoms with E-state index in [1.54, 1.807) is 0 Å². The highest BCUT2D eigenvalue weighted by molar-refractivity contribution is 4.82. The molecule has 0 N–H and O–H groups in total. The summed E-state index contributed by atoms with van der Waals surface area (Å²) in [6.45, 7) is 0. The molecule has 0 saturated carbocycles. The van der Waals surface area contributed by atoms with Crippen LogP contribution in [0.4, 0.5) is 17.6 Å². The van der Waals surface area contributed by atoms with Crippen molar-refractivity contribution < 1.29 is 22.3 Å². The van der Waals surface area contributed by atoms with Crippen molar-refractivity contribution in [3.8, 4) is 0 Å². The second-order valence-electron chi connectivity index (χ2n) is 1.45. The standard InChI is InChI=1S/C3H2F4O/c4-2-1(8-2)3(5,6)7/h1-2H/t1-,2+/m1/s1. The summed E-state index contributed by atoms with van der Waals surface area (Å²) in [5, 5.41) is 0. The second-order valence-corrected chi connectivity index (χ2v) is 1.45. The van der Waals surface area contributed by atoms with Crippen LogP contribution in [0.2, 0.25) is 0 Å². The number of alkyl halides is 4. The third-order valence-electron chi connectivity index (χ3n) is 0.761. The first-order chi connectivity index (χ1) is 3.52. The number of hydrogen-bond donors (Lipinski definition) is 0. The van der Waals surface area contributed by atoms with Crippen molar-refractivity contribution in [1.82, 2.24) is 0 Å². The van der Waals surface area contributed by atoms with Crippen molar-refractivity contribution in [2.24, 2.45) is 0 Å². The Kier molecular flexibility index (Phi) is 0.974. The molecule has 1 aliphatic heterocycles. The van der Waals surface area contributed by atoms with E-state index in [-0.39, 0.29) is 0 Å². The summed E-state index contributed by atoms with van der Waals surface area (Å²) >= 11 is 0. The Labute approximate surface area is 42.2 Å². The fraction of sp³-hybridized carbons (Fsp3) is 1.00. The average Bonchev–Trinajstić information content (AvgIpc) is 2.13. The maximum absolute atomic E-state index is 11.3. The lowest BCUT2D eigenvalue weighted by Crippen LogP contribution is -2.17. The van der Waals surface area contributed by atoms with Crippen molar-refractivity contribution in [2.75, 3.05) is 0 Å². The summed E-state index contributed by atoms with van der Waals surface area (Å²) in [4.78, 5) is 0. The van der Waals surface area contributed by atoms with Crippen molar-refractivity contribution in [3.63, 3.8) is 0 Å². The van der Waals surface area contributed by atoms with E-state index in [0.717, 1.165) is 0 Å². The lowest BCUT2D eigenvalue weighted by Gasteiger charge is -1.96. The van der Waals surface area contributed by atoms with Crippen LogP contribution in [0.15, 0.2) is 0 Å². The van der Waals surface area contributed by atoms with Gasteiger partial charge in [0, 0.05) is 0 Å². The molecule has 0 aromatic carbocycles. The van der Waals surface area contributed by atoms with Crippen molar-refractivity contribution in [3.05, 3.63) is 0 Å². The third-order valence-corrected chi connectivity index (χ3v) is 0.761. The maximum Gasteiger partial charge on any atom is 0.420 e. The molecule has 0 aromatic rings. The molecule has 8 heavy (non-hydrogen) atoms. The van der Waals surface area contributed by atoms with Gasteiger partial charge in [0.2, 0.25) is 12.5 Å². The summed E-state index contributed by atoms with van der Waals surface area (Å²) in [5.41, 5.74) is 0. The SMILES string of the molecule is F[C@H]1O[C@H]1C(F)(F)F. The van der Waals surface area contributed by atoms with E-state index in [2.05, 4.69) is 4.74 Å². The van der Waals surface area contributed by atoms with Crippen LogP contribution in [0.5, 0.6) is 0 Å². The monoisotopic (exact) mass is 130 g/mol. The van der Waals surface area contributed by atoms with Crippen LogP contribution in [0.3, 0.4) is 0 Å². The zero-order valence-corrected chi connectivity index (χ0v) is 3.57. The smallest absolute Gasteiger partial charge is 0.327 e. The van der Waals surface area contributed by atoms with E-state index in [1.807, 2.05) is 0 Å². The van der Waals surface area contributed by atoms with Gasteiger partial charge in [0.15, 0.2) is 0 Å². The Morgan fingerprint density at radius 2 is 1.62 bits per heavy atom. The van der Waals surface area contributed by atoms with Crippen molar-refractivity contribution >= 4 is 0 Å². The fourth-order valence-corrected chi connectivity index (χ4v) is 0.320. The highest BCUT2D eigenvalue weighted by atomic mass is 19.4. The van der Waals surface area contributed by atoms with Gasteiger partial charge in [-0.2, -0.15) is 13.2 Å². The largest absolute Gasteiger partial charge is 0.420 e. The molecular weight excluding hydrogens is 128 g/mol. The Morgan fingerprint density at radius 3 is 1.62 bits per heavy atom. The zero-order valence-electron chi connectivity index (χ0n) is 3.57. The predicted octanol–water partition coefficient (Wildman–Crippen LogP) is 1.24. The first kappa shape index (κ1) is 5.81.